The van der Waals surface area contributed by atoms with E-state index >= 15 is 0 Å². The summed E-state index contributed by atoms with van der Waals surface area (Å²) < 4.78 is 50.6. The molecule has 28 heavy (non-hydrogen) atoms. The van der Waals surface area contributed by atoms with E-state index in [2.05, 4.69) is 5.32 Å². The fourth-order valence-corrected chi connectivity index (χ4v) is 7.51. The molecule has 156 valence electrons. The number of piperidine rings is 1. The molecule has 2 heterocycles. The van der Waals surface area contributed by atoms with E-state index in [0.717, 1.165) is 6.42 Å². The van der Waals surface area contributed by atoms with Crippen molar-refractivity contribution in [3.63, 3.8) is 0 Å². The first-order valence-corrected chi connectivity index (χ1v) is 12.9. The predicted octanol–water partition coefficient (Wildman–Crippen LogP) is 1.31. The number of nitrogens with zero attached hydrogens (tertiary/aromatic N) is 1. The van der Waals surface area contributed by atoms with E-state index in [1.807, 2.05) is 13.8 Å². The Balaban J connectivity index is 1.70. The van der Waals surface area contributed by atoms with Gasteiger partial charge >= 0.3 is 0 Å². The van der Waals surface area contributed by atoms with Gasteiger partial charge in [-0.05, 0) is 36.8 Å². The summed E-state index contributed by atoms with van der Waals surface area (Å²) in [5, 5.41) is 2.98. The summed E-state index contributed by atoms with van der Waals surface area (Å²) in [5.74, 6) is 0.534. The molecule has 1 N–H and O–H groups in total. The second kappa shape index (κ2) is 8.22. The number of nitrogens with one attached hydrogen (secondary N) is 1. The summed E-state index contributed by atoms with van der Waals surface area (Å²) in [6.45, 7) is 5.06. The van der Waals surface area contributed by atoms with Gasteiger partial charge in [0.15, 0.2) is 15.6 Å². The molecule has 3 atom stereocenters. The lowest BCUT2D eigenvalue weighted by Crippen LogP contribution is -2.42. The number of benzene rings is 1. The molecule has 2 aliphatic heterocycles. The molecule has 2 saturated heterocycles. The lowest BCUT2D eigenvalue weighted by molar-refractivity contribution is 0.0988. The Morgan fingerprint density at radius 1 is 1.21 bits per heavy atom. The Kier molecular flexibility index (Phi) is 6.29. The molecule has 0 spiro atoms. The highest BCUT2D eigenvalue weighted by molar-refractivity contribution is 7.91. The van der Waals surface area contributed by atoms with Crippen LogP contribution in [-0.4, -0.2) is 64.1 Å². The van der Waals surface area contributed by atoms with E-state index in [9.17, 15) is 21.6 Å². The highest BCUT2D eigenvalue weighted by Gasteiger charge is 2.32. The number of ketones is 1. The molecule has 1 aromatic carbocycles. The zero-order valence-electron chi connectivity index (χ0n) is 16.3. The lowest BCUT2D eigenvalue weighted by atomic mass is 9.94. The third-order valence-electron chi connectivity index (χ3n) is 5.41. The average Bonchev–Trinajstić information content (AvgIpc) is 2.98. The average molecular weight is 429 g/mol. The monoisotopic (exact) mass is 428 g/mol. The number of hydrogen-bond donors (Lipinski definition) is 1. The number of carbonyl (C=O) groups excluding carboxylic acids is 1. The van der Waals surface area contributed by atoms with E-state index in [-0.39, 0.29) is 34.8 Å². The minimum Gasteiger partial charge on any atom is -0.306 e. The first-order chi connectivity index (χ1) is 13.1. The van der Waals surface area contributed by atoms with Crippen molar-refractivity contribution < 1.29 is 21.6 Å². The summed E-state index contributed by atoms with van der Waals surface area (Å²) in [5.41, 5.74) is 0.313. The van der Waals surface area contributed by atoms with Crippen molar-refractivity contribution in [2.75, 3.05) is 31.1 Å². The van der Waals surface area contributed by atoms with Crippen molar-refractivity contribution in [3.8, 4) is 0 Å². The normalized spacial score (nSPS) is 28.3. The van der Waals surface area contributed by atoms with Gasteiger partial charge in [-0.25, -0.2) is 16.8 Å². The Labute approximate surface area is 167 Å². The van der Waals surface area contributed by atoms with Gasteiger partial charge in [-0.3, -0.25) is 4.79 Å². The maximum Gasteiger partial charge on any atom is 0.243 e. The van der Waals surface area contributed by atoms with Crippen molar-refractivity contribution in [2.24, 2.45) is 11.8 Å². The smallest absolute Gasteiger partial charge is 0.243 e. The molecule has 7 nitrogen and oxygen atoms in total. The first kappa shape index (κ1) is 21.4. The molecule has 9 heteroatoms. The van der Waals surface area contributed by atoms with Gasteiger partial charge in [-0.1, -0.05) is 26.0 Å². The molecule has 3 rings (SSSR count). The number of sulfonamides is 1. The summed E-state index contributed by atoms with van der Waals surface area (Å²) >= 11 is 0. The van der Waals surface area contributed by atoms with Crippen LogP contribution in [0.25, 0.3) is 0 Å². The van der Waals surface area contributed by atoms with Crippen LogP contribution in [0.3, 0.4) is 0 Å². The van der Waals surface area contributed by atoms with Gasteiger partial charge in [0.05, 0.1) is 22.9 Å². The largest absolute Gasteiger partial charge is 0.306 e. The molecule has 1 aromatic rings. The Morgan fingerprint density at radius 2 is 1.89 bits per heavy atom. The van der Waals surface area contributed by atoms with E-state index in [4.69, 9.17) is 0 Å². The fourth-order valence-electron chi connectivity index (χ4n) is 4.08. The number of Topliss-reactive ketones (excluding diaryl/α,β-unsaturated/α-hetero) is 1. The maximum absolute atomic E-state index is 13.0. The van der Waals surface area contributed by atoms with Crippen molar-refractivity contribution in [3.05, 3.63) is 29.8 Å². The van der Waals surface area contributed by atoms with Crippen molar-refractivity contribution >= 4 is 25.6 Å². The van der Waals surface area contributed by atoms with Gasteiger partial charge in [-0.2, -0.15) is 4.31 Å². The summed E-state index contributed by atoms with van der Waals surface area (Å²) in [4.78, 5) is 12.6. The molecule has 0 aliphatic carbocycles. The Bertz CT molecular complexity index is 933. The lowest BCUT2D eigenvalue weighted by Gasteiger charge is -2.34. The topological polar surface area (TPSA) is 101 Å². The van der Waals surface area contributed by atoms with Crippen LogP contribution in [0, 0.1) is 11.8 Å². The maximum atomic E-state index is 13.0. The number of hydrogen-bond acceptors (Lipinski definition) is 6. The molecule has 2 aliphatic rings. The van der Waals surface area contributed by atoms with Crippen molar-refractivity contribution in [1.29, 1.82) is 0 Å². The van der Waals surface area contributed by atoms with Crippen LogP contribution in [0.15, 0.2) is 29.2 Å². The number of carbonyl (C=O) groups is 1. The minimum atomic E-state index is -3.65. The predicted molar refractivity (Wildman–Crippen MR) is 108 cm³/mol. The highest BCUT2D eigenvalue weighted by atomic mass is 32.2. The van der Waals surface area contributed by atoms with Crippen LogP contribution in [0.5, 0.6) is 0 Å². The minimum absolute atomic E-state index is 0.0124. The standard InChI is InChI=1S/C19H28N2O5S2/c1-14-8-15(2)12-21(11-14)28(25,26)18-5-3-4-16(9-18)19(22)10-20-17-6-7-27(23,24)13-17/h3-5,9,14-15,17,20H,6-8,10-13H2,1-2H3. The Morgan fingerprint density at radius 3 is 2.50 bits per heavy atom. The summed E-state index contributed by atoms with van der Waals surface area (Å²) in [7, 11) is -6.66. The highest BCUT2D eigenvalue weighted by Crippen LogP contribution is 2.27. The molecular formula is C19H28N2O5S2. The zero-order valence-corrected chi connectivity index (χ0v) is 17.9. The molecule has 2 fully saturated rings. The van der Waals surface area contributed by atoms with Crippen LogP contribution < -0.4 is 5.32 Å². The molecule has 0 bridgehead atoms. The second-order valence-corrected chi connectivity index (χ2v) is 12.4. The third kappa shape index (κ3) is 5.00. The third-order valence-corrected chi connectivity index (χ3v) is 9.01. The van der Waals surface area contributed by atoms with E-state index in [1.54, 1.807) is 12.1 Å². The van der Waals surface area contributed by atoms with Crippen LogP contribution >= 0.6 is 0 Å². The fraction of sp³-hybridized carbons (Fsp3) is 0.632. The quantitative estimate of drug-likeness (QED) is 0.686. The number of rotatable bonds is 6. The van der Waals surface area contributed by atoms with Gasteiger partial charge in [0, 0.05) is 24.7 Å². The van der Waals surface area contributed by atoms with Crippen LogP contribution in [-0.2, 0) is 19.9 Å². The van der Waals surface area contributed by atoms with Crippen LogP contribution in [0.1, 0.15) is 37.0 Å². The second-order valence-electron chi connectivity index (χ2n) is 8.20. The molecule has 0 amide bonds. The van der Waals surface area contributed by atoms with Crippen molar-refractivity contribution in [1.82, 2.24) is 9.62 Å². The number of sulfone groups is 1. The van der Waals surface area contributed by atoms with Gasteiger partial charge in [0.25, 0.3) is 0 Å². The van der Waals surface area contributed by atoms with Gasteiger partial charge < -0.3 is 5.32 Å². The van der Waals surface area contributed by atoms with E-state index in [0.29, 0.717) is 36.9 Å². The molecule has 0 radical (unpaired) electrons. The summed E-state index contributed by atoms with van der Waals surface area (Å²) in [6.07, 6.45) is 1.50. The molecule has 0 saturated carbocycles. The van der Waals surface area contributed by atoms with Crippen LogP contribution in [0.2, 0.25) is 0 Å². The van der Waals surface area contributed by atoms with Crippen molar-refractivity contribution in [2.45, 2.75) is 37.6 Å². The van der Waals surface area contributed by atoms with Crippen LogP contribution in [0.4, 0.5) is 0 Å². The molecule has 3 unspecified atom stereocenters. The van der Waals surface area contributed by atoms with E-state index < -0.39 is 19.9 Å². The van der Waals surface area contributed by atoms with Gasteiger partial charge in [0.2, 0.25) is 10.0 Å². The van der Waals surface area contributed by atoms with Gasteiger partial charge in [-0.15, -0.1) is 0 Å². The Hall–Kier alpha value is -1.29. The first-order valence-electron chi connectivity index (χ1n) is 9.64. The zero-order chi connectivity index (χ0) is 20.5. The summed E-state index contributed by atoms with van der Waals surface area (Å²) in [6, 6.07) is 5.89. The molecule has 0 aromatic heterocycles. The van der Waals surface area contributed by atoms with E-state index in [1.165, 1.54) is 16.4 Å². The van der Waals surface area contributed by atoms with Gasteiger partial charge in [0.1, 0.15) is 0 Å². The SMILES string of the molecule is CC1CC(C)CN(S(=O)(=O)c2cccc(C(=O)CNC3CCS(=O)(=O)C3)c2)C1. The molecular weight excluding hydrogens is 400 g/mol.